The van der Waals surface area contributed by atoms with Crippen LogP contribution in [0.4, 0.5) is 0 Å². The first-order valence-electron chi connectivity index (χ1n) is 9.62. The van der Waals surface area contributed by atoms with Crippen LogP contribution in [0.5, 0.6) is 0 Å². The molecule has 5 heteroatoms. The molecule has 3 heterocycles. The van der Waals surface area contributed by atoms with Crippen molar-refractivity contribution in [1.82, 2.24) is 19.8 Å². The quantitative estimate of drug-likeness (QED) is 0.804. The molecule has 136 valence electrons. The summed E-state index contributed by atoms with van der Waals surface area (Å²) in [6, 6.07) is 8.24. The van der Waals surface area contributed by atoms with Gasteiger partial charge < -0.3 is 4.90 Å². The molecule has 1 amide bonds. The third kappa shape index (κ3) is 4.28. The van der Waals surface area contributed by atoms with Crippen LogP contribution >= 0.6 is 0 Å². The Morgan fingerprint density at radius 1 is 1.04 bits per heavy atom. The van der Waals surface area contributed by atoms with Gasteiger partial charge in [-0.15, -0.1) is 0 Å². The highest BCUT2D eigenvalue weighted by Gasteiger charge is 2.33. The maximum atomic E-state index is 13.0. The van der Waals surface area contributed by atoms with Crippen LogP contribution in [-0.4, -0.2) is 51.4 Å². The number of hydrogen-bond acceptors (Lipinski definition) is 4. The number of aromatic nitrogens is 2. The average molecular weight is 350 g/mol. The smallest absolute Gasteiger partial charge is 0.255 e. The molecule has 0 N–H and O–H groups in total. The lowest BCUT2D eigenvalue weighted by atomic mass is 10.0. The Bertz CT molecular complexity index is 709. The van der Waals surface area contributed by atoms with Crippen LogP contribution < -0.4 is 0 Å². The third-order valence-corrected chi connectivity index (χ3v) is 5.47. The van der Waals surface area contributed by atoms with Gasteiger partial charge in [-0.05, 0) is 61.4 Å². The number of hydrogen-bond donors (Lipinski definition) is 0. The number of carbonyl (C=O) groups is 1. The molecule has 0 unspecified atom stereocenters. The molecule has 0 atom stereocenters. The van der Waals surface area contributed by atoms with Crippen molar-refractivity contribution in [2.75, 3.05) is 19.6 Å². The van der Waals surface area contributed by atoms with Gasteiger partial charge in [0.1, 0.15) is 0 Å². The van der Waals surface area contributed by atoms with Crippen molar-refractivity contribution in [1.29, 1.82) is 0 Å². The van der Waals surface area contributed by atoms with Gasteiger partial charge in [0, 0.05) is 57.0 Å². The summed E-state index contributed by atoms with van der Waals surface area (Å²) in [6.07, 6.45) is 11.7. The lowest BCUT2D eigenvalue weighted by Gasteiger charge is -2.38. The lowest BCUT2D eigenvalue weighted by Crippen LogP contribution is -2.48. The Hall–Kier alpha value is -2.27. The molecule has 2 fully saturated rings. The minimum absolute atomic E-state index is 0.151. The van der Waals surface area contributed by atoms with E-state index < -0.39 is 0 Å². The largest absolute Gasteiger partial charge is 0.335 e. The van der Waals surface area contributed by atoms with Gasteiger partial charge in [-0.2, -0.15) is 0 Å². The summed E-state index contributed by atoms with van der Waals surface area (Å²) in [7, 11) is 0. The summed E-state index contributed by atoms with van der Waals surface area (Å²) in [5.74, 6) is 0.850. The molecule has 0 radical (unpaired) electrons. The van der Waals surface area contributed by atoms with Gasteiger partial charge in [-0.1, -0.05) is 0 Å². The highest BCUT2D eigenvalue weighted by Crippen LogP contribution is 2.32. The number of likely N-dealkylation sites (tertiary alicyclic amines) is 1. The van der Waals surface area contributed by atoms with E-state index in [2.05, 4.69) is 31.9 Å². The summed E-state index contributed by atoms with van der Waals surface area (Å²) >= 11 is 0. The normalized spacial score (nSPS) is 18.6. The van der Waals surface area contributed by atoms with Crippen LogP contribution in [0, 0.1) is 5.92 Å². The van der Waals surface area contributed by atoms with Gasteiger partial charge in [0.05, 0.1) is 5.56 Å². The van der Waals surface area contributed by atoms with E-state index in [4.69, 9.17) is 0 Å². The minimum Gasteiger partial charge on any atom is -0.335 e. The van der Waals surface area contributed by atoms with Gasteiger partial charge >= 0.3 is 0 Å². The highest BCUT2D eigenvalue weighted by molar-refractivity contribution is 5.94. The van der Waals surface area contributed by atoms with E-state index in [1.54, 1.807) is 12.4 Å². The molecule has 1 saturated carbocycles. The molecule has 5 nitrogen and oxygen atoms in total. The molecule has 0 bridgehead atoms. The summed E-state index contributed by atoms with van der Waals surface area (Å²) < 4.78 is 0. The predicted octanol–water partition coefficient (Wildman–Crippen LogP) is 2.99. The summed E-state index contributed by atoms with van der Waals surface area (Å²) in [5.41, 5.74) is 2.02. The first-order valence-corrected chi connectivity index (χ1v) is 9.62. The van der Waals surface area contributed by atoms with Gasteiger partial charge in [-0.3, -0.25) is 19.7 Å². The lowest BCUT2D eigenvalue weighted by molar-refractivity contribution is 0.0551. The van der Waals surface area contributed by atoms with Gasteiger partial charge in [0.15, 0.2) is 0 Å². The first kappa shape index (κ1) is 17.2. The van der Waals surface area contributed by atoms with E-state index in [1.807, 2.05) is 24.5 Å². The molecule has 1 saturated heterocycles. The van der Waals surface area contributed by atoms with E-state index >= 15 is 0 Å². The van der Waals surface area contributed by atoms with Crippen molar-refractivity contribution < 1.29 is 4.79 Å². The van der Waals surface area contributed by atoms with Gasteiger partial charge in [0.2, 0.25) is 0 Å². The van der Waals surface area contributed by atoms with E-state index in [1.165, 1.54) is 18.4 Å². The maximum Gasteiger partial charge on any atom is 0.255 e. The van der Waals surface area contributed by atoms with Crippen LogP contribution in [0.1, 0.15) is 41.6 Å². The van der Waals surface area contributed by atoms with Crippen LogP contribution in [0.2, 0.25) is 0 Å². The van der Waals surface area contributed by atoms with E-state index in [0.717, 1.165) is 39.0 Å². The molecular formula is C21H26N4O. The fraction of sp³-hybridized carbons (Fsp3) is 0.476. The Morgan fingerprint density at radius 3 is 2.46 bits per heavy atom. The molecule has 2 aromatic rings. The summed E-state index contributed by atoms with van der Waals surface area (Å²) in [6.45, 7) is 3.94. The van der Waals surface area contributed by atoms with E-state index in [9.17, 15) is 4.79 Å². The fourth-order valence-corrected chi connectivity index (χ4v) is 3.77. The Labute approximate surface area is 155 Å². The van der Waals surface area contributed by atoms with Crippen molar-refractivity contribution in [3.05, 3.63) is 60.2 Å². The molecular weight excluding hydrogens is 324 g/mol. The van der Waals surface area contributed by atoms with Crippen LogP contribution in [-0.2, 0) is 6.54 Å². The van der Waals surface area contributed by atoms with Crippen molar-refractivity contribution >= 4 is 5.91 Å². The maximum absolute atomic E-state index is 13.0. The zero-order chi connectivity index (χ0) is 17.8. The molecule has 1 aliphatic carbocycles. The SMILES string of the molecule is O=C(c1cccnc1)N(CC1CC1)C1CCN(Cc2ccncc2)CC1. The molecule has 0 spiro atoms. The second kappa shape index (κ2) is 7.96. The Kier molecular flexibility index (Phi) is 5.25. The number of amides is 1. The van der Waals surface area contributed by atoms with Crippen molar-refractivity contribution in [2.24, 2.45) is 5.92 Å². The van der Waals surface area contributed by atoms with Gasteiger partial charge in [-0.25, -0.2) is 0 Å². The zero-order valence-corrected chi connectivity index (χ0v) is 15.1. The zero-order valence-electron chi connectivity index (χ0n) is 15.1. The number of nitrogens with zero attached hydrogens (tertiary/aromatic N) is 4. The van der Waals surface area contributed by atoms with Crippen LogP contribution in [0.15, 0.2) is 49.1 Å². The third-order valence-electron chi connectivity index (χ3n) is 5.47. The van der Waals surface area contributed by atoms with E-state index in [-0.39, 0.29) is 5.91 Å². The first-order chi connectivity index (χ1) is 12.8. The van der Waals surface area contributed by atoms with Crippen molar-refractivity contribution in [3.8, 4) is 0 Å². The minimum atomic E-state index is 0.151. The number of pyridine rings is 2. The Balaban J connectivity index is 1.39. The molecule has 2 aliphatic rings. The summed E-state index contributed by atoms with van der Waals surface area (Å²) in [4.78, 5) is 25.9. The fourth-order valence-electron chi connectivity index (χ4n) is 3.77. The van der Waals surface area contributed by atoms with Crippen LogP contribution in [0.3, 0.4) is 0 Å². The highest BCUT2D eigenvalue weighted by atomic mass is 16.2. The Morgan fingerprint density at radius 2 is 1.81 bits per heavy atom. The number of piperidine rings is 1. The van der Waals surface area contributed by atoms with Gasteiger partial charge in [0.25, 0.3) is 5.91 Å². The van der Waals surface area contributed by atoms with E-state index in [0.29, 0.717) is 17.5 Å². The monoisotopic (exact) mass is 350 g/mol. The standard InChI is InChI=1S/C21H26N4O/c26-21(19-2-1-9-23-14-19)25(16-17-3-4-17)20-7-12-24(13-8-20)15-18-5-10-22-11-6-18/h1-2,5-6,9-11,14,17,20H,3-4,7-8,12-13,15-16H2. The molecule has 26 heavy (non-hydrogen) atoms. The summed E-state index contributed by atoms with van der Waals surface area (Å²) in [5, 5.41) is 0. The van der Waals surface area contributed by atoms with Crippen LogP contribution in [0.25, 0.3) is 0 Å². The number of carbonyl (C=O) groups excluding carboxylic acids is 1. The van der Waals surface area contributed by atoms with Crippen molar-refractivity contribution in [2.45, 2.75) is 38.3 Å². The molecule has 2 aromatic heterocycles. The van der Waals surface area contributed by atoms with Crippen molar-refractivity contribution in [3.63, 3.8) is 0 Å². The second-order valence-electron chi connectivity index (χ2n) is 7.51. The molecule has 1 aliphatic heterocycles. The predicted molar refractivity (Wildman–Crippen MR) is 101 cm³/mol. The topological polar surface area (TPSA) is 49.3 Å². The second-order valence-corrected chi connectivity index (χ2v) is 7.51. The molecule has 0 aromatic carbocycles. The molecule has 4 rings (SSSR count). The average Bonchev–Trinajstić information content (AvgIpc) is 3.52. The number of rotatable bonds is 6.